The second-order valence-corrected chi connectivity index (χ2v) is 3.87. The number of rotatable bonds is 0. The Kier molecular flexibility index (Phi) is 1.96. The lowest BCUT2D eigenvalue weighted by Crippen LogP contribution is -2.08. The minimum Gasteiger partial charge on any atom is -0.408 e. The zero-order chi connectivity index (χ0) is 9.59. The van der Waals surface area contributed by atoms with E-state index in [9.17, 15) is 4.79 Å². The third-order valence-corrected chi connectivity index (χ3v) is 3.11. The lowest BCUT2D eigenvalue weighted by molar-refractivity contribution is 0.528. The van der Waals surface area contributed by atoms with Gasteiger partial charge in [0.15, 0.2) is 5.58 Å². The highest BCUT2D eigenvalue weighted by Gasteiger charge is 2.11. The largest absolute Gasteiger partial charge is 0.419 e. The summed E-state index contributed by atoms with van der Waals surface area (Å²) in [6.45, 7) is 0. The van der Waals surface area contributed by atoms with Crippen LogP contribution in [0.5, 0.6) is 0 Å². The molecule has 0 atom stereocenters. The molecular weight excluding hydrogens is 257 g/mol. The van der Waals surface area contributed by atoms with Crippen molar-refractivity contribution in [1.29, 1.82) is 0 Å². The molecule has 1 aromatic carbocycles. The Bertz CT molecular complexity index is 529. The number of benzene rings is 1. The summed E-state index contributed by atoms with van der Waals surface area (Å²) < 4.78 is 7.06. The van der Waals surface area contributed by atoms with Gasteiger partial charge in [0.1, 0.15) is 5.52 Å². The van der Waals surface area contributed by atoms with Crippen LogP contribution < -0.4 is 5.76 Å². The summed E-state index contributed by atoms with van der Waals surface area (Å²) in [7, 11) is 1.62. The fourth-order valence-electron chi connectivity index (χ4n) is 1.17. The Hall–Kier alpha value is -0.740. The number of halogens is 2. The van der Waals surface area contributed by atoms with E-state index < -0.39 is 5.76 Å². The fourth-order valence-corrected chi connectivity index (χ4v) is 1.77. The highest BCUT2D eigenvalue weighted by molar-refractivity contribution is 9.10. The number of hydrogen-bond donors (Lipinski definition) is 0. The quantitative estimate of drug-likeness (QED) is 0.731. The van der Waals surface area contributed by atoms with Gasteiger partial charge in [0.05, 0.1) is 5.02 Å². The third-order valence-electron chi connectivity index (χ3n) is 1.84. The minimum atomic E-state index is -0.407. The summed E-state index contributed by atoms with van der Waals surface area (Å²) in [5, 5.41) is 0.492. The number of fused-ring (bicyclic) bond motifs is 1. The van der Waals surface area contributed by atoms with Crippen LogP contribution in [0, 0.1) is 0 Å². The Morgan fingerprint density at radius 3 is 2.92 bits per heavy atom. The molecule has 3 nitrogen and oxygen atoms in total. The van der Waals surface area contributed by atoms with Crippen molar-refractivity contribution < 1.29 is 4.42 Å². The van der Waals surface area contributed by atoms with Crippen LogP contribution in [0.25, 0.3) is 11.1 Å². The summed E-state index contributed by atoms with van der Waals surface area (Å²) in [6.07, 6.45) is 0. The van der Waals surface area contributed by atoms with E-state index in [1.807, 2.05) is 0 Å². The molecule has 0 unspecified atom stereocenters. The van der Waals surface area contributed by atoms with Crippen LogP contribution in [0.2, 0.25) is 5.02 Å². The molecule has 0 saturated carbocycles. The van der Waals surface area contributed by atoms with E-state index in [1.54, 1.807) is 19.2 Å². The molecule has 0 aliphatic rings. The zero-order valence-corrected chi connectivity index (χ0v) is 9.02. The molecular formula is C8H5BrClNO2. The van der Waals surface area contributed by atoms with E-state index in [1.165, 1.54) is 4.57 Å². The van der Waals surface area contributed by atoms with Crippen molar-refractivity contribution >= 4 is 38.6 Å². The molecule has 0 aliphatic heterocycles. The van der Waals surface area contributed by atoms with Gasteiger partial charge in [-0.2, -0.15) is 0 Å². The van der Waals surface area contributed by atoms with E-state index in [4.69, 9.17) is 16.0 Å². The molecule has 0 amide bonds. The standard InChI is InChI=1S/C8H5BrClNO2/c1-11-7-5(13-8(11)12)3-2-4(9)6(7)10/h2-3H,1H3. The number of nitrogens with zero attached hydrogens (tertiary/aromatic N) is 1. The van der Waals surface area contributed by atoms with Crippen molar-refractivity contribution in [3.63, 3.8) is 0 Å². The van der Waals surface area contributed by atoms with Crippen LogP contribution >= 0.6 is 27.5 Å². The average Bonchev–Trinajstić information content (AvgIpc) is 2.37. The molecule has 2 aromatic rings. The van der Waals surface area contributed by atoms with Gasteiger partial charge in [0, 0.05) is 11.5 Å². The summed E-state index contributed by atoms with van der Waals surface area (Å²) in [4.78, 5) is 11.1. The molecule has 1 heterocycles. The van der Waals surface area contributed by atoms with E-state index in [0.29, 0.717) is 16.1 Å². The van der Waals surface area contributed by atoms with E-state index >= 15 is 0 Å². The molecule has 5 heteroatoms. The Morgan fingerprint density at radius 1 is 1.54 bits per heavy atom. The summed E-state index contributed by atoms with van der Waals surface area (Å²) >= 11 is 9.25. The first kappa shape index (κ1) is 8.84. The number of hydrogen-bond acceptors (Lipinski definition) is 2. The van der Waals surface area contributed by atoms with Gasteiger partial charge in [-0.3, -0.25) is 4.57 Å². The van der Waals surface area contributed by atoms with Gasteiger partial charge in [-0.25, -0.2) is 4.79 Å². The van der Waals surface area contributed by atoms with Crippen LogP contribution in [0.1, 0.15) is 0 Å². The van der Waals surface area contributed by atoms with Crippen LogP contribution in [0.3, 0.4) is 0 Å². The van der Waals surface area contributed by atoms with E-state index in [0.717, 1.165) is 4.47 Å². The molecule has 2 rings (SSSR count). The van der Waals surface area contributed by atoms with Crippen molar-refractivity contribution in [2.24, 2.45) is 7.05 Å². The molecule has 68 valence electrons. The van der Waals surface area contributed by atoms with Crippen LogP contribution in [0.15, 0.2) is 25.8 Å². The number of oxazole rings is 1. The Balaban J connectivity index is 3.05. The van der Waals surface area contributed by atoms with Crippen molar-refractivity contribution in [1.82, 2.24) is 4.57 Å². The first-order valence-corrected chi connectivity index (χ1v) is 4.72. The first-order chi connectivity index (χ1) is 6.11. The molecule has 0 aliphatic carbocycles. The van der Waals surface area contributed by atoms with Gasteiger partial charge in [-0.05, 0) is 28.1 Å². The predicted octanol–water partition coefficient (Wildman–Crippen LogP) is 2.55. The van der Waals surface area contributed by atoms with Crippen molar-refractivity contribution in [3.05, 3.63) is 32.2 Å². The van der Waals surface area contributed by atoms with Crippen LogP contribution in [-0.2, 0) is 7.05 Å². The highest BCUT2D eigenvalue weighted by Crippen LogP contribution is 2.29. The van der Waals surface area contributed by atoms with Gasteiger partial charge >= 0.3 is 5.76 Å². The van der Waals surface area contributed by atoms with E-state index in [2.05, 4.69) is 15.9 Å². The summed E-state index contributed by atoms with van der Waals surface area (Å²) in [5.41, 5.74) is 1.11. The topological polar surface area (TPSA) is 35.1 Å². The van der Waals surface area contributed by atoms with Crippen molar-refractivity contribution in [2.45, 2.75) is 0 Å². The normalized spacial score (nSPS) is 11.0. The lowest BCUT2D eigenvalue weighted by Gasteiger charge is -1.97. The molecule has 0 spiro atoms. The molecule has 0 radical (unpaired) electrons. The zero-order valence-electron chi connectivity index (χ0n) is 6.67. The maximum absolute atomic E-state index is 11.1. The molecule has 0 saturated heterocycles. The van der Waals surface area contributed by atoms with Gasteiger partial charge in [0.25, 0.3) is 0 Å². The second kappa shape index (κ2) is 2.89. The third kappa shape index (κ3) is 1.21. The van der Waals surface area contributed by atoms with Gasteiger partial charge < -0.3 is 4.42 Å². The maximum atomic E-state index is 11.1. The smallest absolute Gasteiger partial charge is 0.408 e. The number of aromatic nitrogens is 1. The first-order valence-electron chi connectivity index (χ1n) is 3.55. The SMILES string of the molecule is Cn1c(=O)oc2ccc(Br)c(Cl)c21. The maximum Gasteiger partial charge on any atom is 0.419 e. The van der Waals surface area contributed by atoms with Crippen molar-refractivity contribution in [2.75, 3.05) is 0 Å². The molecule has 1 aromatic heterocycles. The molecule has 0 bridgehead atoms. The van der Waals surface area contributed by atoms with Gasteiger partial charge in [0.2, 0.25) is 0 Å². The summed E-state index contributed by atoms with van der Waals surface area (Å²) in [5.74, 6) is -0.407. The summed E-state index contributed by atoms with van der Waals surface area (Å²) in [6, 6.07) is 3.44. The molecule has 13 heavy (non-hydrogen) atoms. The van der Waals surface area contributed by atoms with Gasteiger partial charge in [-0.1, -0.05) is 11.6 Å². The monoisotopic (exact) mass is 261 g/mol. The predicted molar refractivity (Wildman–Crippen MR) is 54.2 cm³/mol. The Labute approximate surface area is 87.0 Å². The molecule has 0 N–H and O–H groups in total. The number of aryl methyl sites for hydroxylation is 1. The van der Waals surface area contributed by atoms with Crippen molar-refractivity contribution in [3.8, 4) is 0 Å². The molecule has 0 fully saturated rings. The lowest BCUT2D eigenvalue weighted by atomic mass is 10.3. The Morgan fingerprint density at radius 2 is 2.23 bits per heavy atom. The highest BCUT2D eigenvalue weighted by atomic mass is 79.9. The fraction of sp³-hybridized carbons (Fsp3) is 0.125. The second-order valence-electron chi connectivity index (χ2n) is 2.64. The average molecular weight is 262 g/mol. The van der Waals surface area contributed by atoms with Crippen LogP contribution in [0.4, 0.5) is 0 Å². The van der Waals surface area contributed by atoms with Gasteiger partial charge in [-0.15, -0.1) is 0 Å². The minimum absolute atomic E-state index is 0.407. The van der Waals surface area contributed by atoms with Crippen LogP contribution in [-0.4, -0.2) is 4.57 Å². The van der Waals surface area contributed by atoms with E-state index in [-0.39, 0.29) is 0 Å².